The normalized spacial score (nSPS) is 21.9. The Hall–Kier alpha value is -2.97. The van der Waals surface area contributed by atoms with E-state index in [2.05, 4.69) is 37.3 Å². The van der Waals surface area contributed by atoms with Gasteiger partial charge in [-0.15, -0.1) is 6.58 Å². The monoisotopic (exact) mass is 480 g/mol. The molecule has 188 valence electrons. The average molecular weight is 481 g/mol. The number of carbonyl (C=O) groups is 1. The molecule has 35 heavy (non-hydrogen) atoms. The van der Waals surface area contributed by atoms with E-state index in [1.807, 2.05) is 54.6 Å². The Morgan fingerprint density at radius 3 is 2.34 bits per heavy atom. The Balaban J connectivity index is 1.75. The molecule has 1 saturated heterocycles. The van der Waals surface area contributed by atoms with E-state index in [-0.39, 0.29) is 31.3 Å². The van der Waals surface area contributed by atoms with Crippen LogP contribution in [-0.4, -0.2) is 48.9 Å². The van der Waals surface area contributed by atoms with Crippen molar-refractivity contribution < 1.29 is 24.1 Å². The lowest BCUT2D eigenvalue weighted by molar-refractivity contribution is -0.275. The summed E-state index contributed by atoms with van der Waals surface area (Å²) in [6.45, 7) is 11.6. The highest BCUT2D eigenvalue weighted by atomic mass is 16.7. The zero-order chi connectivity index (χ0) is 25.2. The van der Waals surface area contributed by atoms with E-state index in [0.29, 0.717) is 6.54 Å². The average Bonchev–Trinajstić information content (AvgIpc) is 2.88. The van der Waals surface area contributed by atoms with E-state index in [1.54, 1.807) is 0 Å². The van der Waals surface area contributed by atoms with E-state index in [1.165, 1.54) is 6.08 Å². The van der Waals surface area contributed by atoms with E-state index in [4.69, 9.17) is 14.2 Å². The molecule has 0 saturated carbocycles. The summed E-state index contributed by atoms with van der Waals surface area (Å²) in [5.41, 5.74) is 3.76. The molecule has 1 fully saturated rings. The lowest BCUT2D eigenvalue weighted by atomic mass is 9.90. The second-order valence-electron chi connectivity index (χ2n) is 8.81. The molecule has 0 aromatic heterocycles. The van der Waals surface area contributed by atoms with Gasteiger partial charge >= 0.3 is 6.09 Å². The molecule has 0 radical (unpaired) electrons. The largest absolute Gasteiger partial charge is 0.445 e. The fraction of sp³-hybridized carbons (Fsp3) is 0.393. The van der Waals surface area contributed by atoms with Crippen LogP contribution in [0.5, 0.6) is 0 Å². The molecule has 1 aliphatic heterocycles. The number of rotatable bonds is 11. The predicted molar refractivity (Wildman–Crippen MR) is 135 cm³/mol. The predicted octanol–water partition coefficient (Wildman–Crippen LogP) is 4.50. The van der Waals surface area contributed by atoms with Crippen molar-refractivity contribution in [2.45, 2.75) is 38.6 Å². The minimum atomic E-state index is -0.532. The number of nitrogens with zero attached hydrogens (tertiary/aromatic N) is 1. The molecule has 1 heterocycles. The van der Waals surface area contributed by atoms with Crippen molar-refractivity contribution >= 4 is 6.09 Å². The van der Waals surface area contributed by atoms with Gasteiger partial charge in [0.1, 0.15) is 6.61 Å². The molecule has 0 aliphatic carbocycles. The maximum Gasteiger partial charge on any atom is 0.407 e. The summed E-state index contributed by atoms with van der Waals surface area (Å²) < 4.78 is 17.9. The molecular weight excluding hydrogens is 444 g/mol. The van der Waals surface area contributed by atoms with Crippen LogP contribution in [0.15, 0.2) is 73.8 Å². The van der Waals surface area contributed by atoms with Crippen LogP contribution in [0.1, 0.15) is 41.6 Å². The van der Waals surface area contributed by atoms with Crippen molar-refractivity contribution in [2.75, 3.05) is 26.7 Å². The van der Waals surface area contributed by atoms with E-state index >= 15 is 0 Å². The third-order valence-electron chi connectivity index (χ3n) is 6.08. The Bertz CT molecular complexity index is 960. The van der Waals surface area contributed by atoms with Crippen molar-refractivity contribution in [2.24, 2.45) is 5.92 Å². The lowest BCUT2D eigenvalue weighted by Gasteiger charge is -2.42. The van der Waals surface area contributed by atoms with Crippen LogP contribution in [0.4, 0.5) is 4.79 Å². The summed E-state index contributed by atoms with van der Waals surface area (Å²) in [5, 5.41) is 12.1. The first-order valence-electron chi connectivity index (χ1n) is 11.9. The summed E-state index contributed by atoms with van der Waals surface area (Å²) in [7, 11) is 2.05. The maximum atomic E-state index is 11.7. The summed E-state index contributed by atoms with van der Waals surface area (Å²) in [6, 6.07) is 15.7. The molecule has 1 aliphatic rings. The number of benzene rings is 2. The van der Waals surface area contributed by atoms with Crippen molar-refractivity contribution in [3.05, 3.63) is 96.1 Å². The second kappa shape index (κ2) is 13.2. The zero-order valence-corrected chi connectivity index (χ0v) is 20.6. The molecule has 7 heteroatoms. The van der Waals surface area contributed by atoms with Crippen molar-refractivity contribution in [1.29, 1.82) is 0 Å². The van der Waals surface area contributed by atoms with Gasteiger partial charge in [0.05, 0.1) is 18.8 Å². The molecule has 1 amide bonds. The smallest absolute Gasteiger partial charge is 0.407 e. The Morgan fingerprint density at radius 2 is 1.71 bits per heavy atom. The van der Waals surface area contributed by atoms with Gasteiger partial charge in [-0.25, -0.2) is 4.79 Å². The van der Waals surface area contributed by atoms with Crippen molar-refractivity contribution in [1.82, 2.24) is 10.2 Å². The maximum absolute atomic E-state index is 11.7. The number of aliphatic hydroxyl groups excluding tert-OH is 1. The molecular formula is C28H36N2O5. The number of carbonyl (C=O) groups excluding carboxylic acids is 1. The standard InChI is InChI=1S/C28H36N2O5/c1-5-15-30(4)18-25-20(3)26(23-11-9-22(19-31)10-12-23)35-27(34-25)24-13-7-21(8-14-24)17-29-28(32)33-16-6-2/h5-14,20,25-27,31H,1-2,15-19H2,3-4H3,(H,29,32)/t20-,25+,26+,27+/m1/s1. The topological polar surface area (TPSA) is 80.3 Å². The number of aliphatic hydroxyl groups is 1. The number of hydrogen-bond donors (Lipinski definition) is 2. The van der Waals surface area contributed by atoms with E-state index in [9.17, 15) is 9.90 Å². The number of amides is 1. The van der Waals surface area contributed by atoms with E-state index < -0.39 is 12.4 Å². The first-order valence-corrected chi connectivity index (χ1v) is 11.9. The van der Waals surface area contributed by atoms with Gasteiger partial charge < -0.3 is 29.5 Å². The third-order valence-corrected chi connectivity index (χ3v) is 6.08. The Kier molecular flexibility index (Phi) is 10.0. The number of hydrogen-bond acceptors (Lipinski definition) is 6. The van der Waals surface area contributed by atoms with Gasteiger partial charge in [0.15, 0.2) is 6.29 Å². The first kappa shape index (κ1) is 26.6. The third kappa shape index (κ3) is 7.50. The molecule has 0 bridgehead atoms. The molecule has 2 aromatic carbocycles. The van der Waals surface area contributed by atoms with Crippen LogP contribution in [-0.2, 0) is 27.4 Å². The van der Waals surface area contributed by atoms with Crippen LogP contribution >= 0.6 is 0 Å². The number of ether oxygens (including phenoxy) is 3. The molecule has 7 nitrogen and oxygen atoms in total. The molecule has 3 rings (SSSR count). The quantitative estimate of drug-likeness (QED) is 0.461. The summed E-state index contributed by atoms with van der Waals surface area (Å²) in [5.74, 6) is 0.114. The van der Waals surface area contributed by atoms with Crippen LogP contribution < -0.4 is 5.32 Å². The summed E-state index contributed by atoms with van der Waals surface area (Å²) >= 11 is 0. The van der Waals surface area contributed by atoms with Crippen molar-refractivity contribution in [3.8, 4) is 0 Å². The molecule has 0 unspecified atom stereocenters. The molecule has 2 N–H and O–H groups in total. The van der Waals surface area contributed by atoms with E-state index in [0.717, 1.165) is 35.3 Å². The lowest BCUT2D eigenvalue weighted by Crippen LogP contribution is -2.43. The summed E-state index contributed by atoms with van der Waals surface area (Å²) in [4.78, 5) is 13.8. The highest BCUT2D eigenvalue weighted by Gasteiger charge is 2.38. The Morgan fingerprint density at radius 1 is 1.06 bits per heavy atom. The zero-order valence-electron chi connectivity index (χ0n) is 20.6. The summed E-state index contributed by atoms with van der Waals surface area (Å²) in [6.07, 6.45) is 2.17. The number of nitrogens with one attached hydrogen (secondary N) is 1. The fourth-order valence-electron chi connectivity index (χ4n) is 4.08. The van der Waals surface area contributed by atoms with Gasteiger partial charge in [0.2, 0.25) is 0 Å². The van der Waals surface area contributed by atoms with Crippen LogP contribution in [0, 0.1) is 5.92 Å². The molecule has 4 atom stereocenters. The van der Waals surface area contributed by atoms with Gasteiger partial charge in [0.25, 0.3) is 0 Å². The SMILES string of the molecule is C=CCOC(=O)NCc1ccc([C@H]2O[C@@H](CN(C)CC=C)[C@@H](C)[C@@H](c3ccc(CO)cc3)O2)cc1. The van der Waals surface area contributed by atoms with Crippen LogP contribution in [0.3, 0.4) is 0 Å². The van der Waals surface area contributed by atoms with Crippen LogP contribution in [0.25, 0.3) is 0 Å². The minimum Gasteiger partial charge on any atom is -0.445 e. The molecule has 0 spiro atoms. The molecule has 2 aromatic rings. The van der Waals surface area contributed by atoms with Gasteiger partial charge in [-0.1, -0.05) is 74.2 Å². The van der Waals surface area contributed by atoms with Crippen molar-refractivity contribution in [3.63, 3.8) is 0 Å². The van der Waals surface area contributed by atoms with Gasteiger partial charge in [-0.3, -0.25) is 0 Å². The first-order chi connectivity index (χ1) is 16.9. The van der Waals surface area contributed by atoms with Gasteiger partial charge in [0, 0.05) is 31.1 Å². The van der Waals surface area contributed by atoms with Crippen LogP contribution in [0.2, 0.25) is 0 Å². The van der Waals surface area contributed by atoms with Gasteiger partial charge in [-0.05, 0) is 23.7 Å². The fourth-order valence-corrected chi connectivity index (χ4v) is 4.08. The van der Waals surface area contributed by atoms with Gasteiger partial charge in [-0.2, -0.15) is 0 Å². The highest BCUT2D eigenvalue weighted by molar-refractivity contribution is 5.67. The number of likely N-dealkylation sites (N-methyl/N-ethyl adjacent to an activating group) is 1. The minimum absolute atomic E-state index is 0.00918. The second-order valence-corrected chi connectivity index (χ2v) is 8.81. The Labute approximate surface area is 208 Å². The number of alkyl carbamates (subject to hydrolysis) is 1. The highest BCUT2D eigenvalue weighted by Crippen LogP contribution is 2.41.